The average molecular weight is 430 g/mol. The highest BCUT2D eigenvalue weighted by atomic mass is 35.5. The van der Waals surface area contributed by atoms with Crippen LogP contribution in [-0.4, -0.2) is 13.0 Å². The molecule has 6 heteroatoms. The second kappa shape index (κ2) is 9.68. The van der Waals surface area contributed by atoms with Crippen LogP contribution in [0.25, 0.3) is 0 Å². The van der Waals surface area contributed by atoms with Crippen LogP contribution in [-0.2, 0) is 6.61 Å². The second-order valence-corrected chi connectivity index (χ2v) is 7.39. The number of nitrogens with one attached hydrogen (secondary N) is 1. The Morgan fingerprint density at radius 1 is 1.00 bits per heavy atom. The van der Waals surface area contributed by atoms with Gasteiger partial charge in [-0.25, -0.2) is 0 Å². The molecule has 0 saturated carbocycles. The first-order valence-electron chi connectivity index (χ1n) is 9.08. The first kappa shape index (κ1) is 21.0. The lowest BCUT2D eigenvalue weighted by Crippen LogP contribution is -2.26. The third-order valence-corrected chi connectivity index (χ3v) is 4.94. The molecule has 3 aromatic carbocycles. The number of carbonyl (C=O) groups excluding carboxylic acids is 1. The minimum absolute atomic E-state index is 0.159. The monoisotopic (exact) mass is 429 g/mol. The Morgan fingerprint density at radius 3 is 2.45 bits per heavy atom. The molecule has 0 heterocycles. The normalized spacial score (nSPS) is 11.6. The first-order chi connectivity index (χ1) is 14.0. The van der Waals surface area contributed by atoms with E-state index in [-0.39, 0.29) is 18.6 Å². The summed E-state index contributed by atoms with van der Waals surface area (Å²) in [6, 6.07) is 19.7. The van der Waals surface area contributed by atoms with Crippen LogP contribution in [0.4, 0.5) is 0 Å². The maximum atomic E-state index is 12.7. The van der Waals surface area contributed by atoms with Crippen molar-refractivity contribution in [2.24, 2.45) is 0 Å². The van der Waals surface area contributed by atoms with Gasteiger partial charge in [0, 0.05) is 21.2 Å². The van der Waals surface area contributed by atoms with E-state index < -0.39 is 0 Å². The van der Waals surface area contributed by atoms with E-state index in [4.69, 9.17) is 32.7 Å². The molecule has 1 amide bonds. The minimum atomic E-state index is -0.181. The van der Waals surface area contributed by atoms with Crippen molar-refractivity contribution in [1.82, 2.24) is 5.32 Å². The predicted molar refractivity (Wildman–Crippen MR) is 116 cm³/mol. The second-order valence-electron chi connectivity index (χ2n) is 6.52. The number of benzene rings is 3. The van der Waals surface area contributed by atoms with Gasteiger partial charge in [-0.2, -0.15) is 0 Å². The molecule has 0 aliphatic rings. The van der Waals surface area contributed by atoms with Gasteiger partial charge in [0.15, 0.2) is 0 Å². The van der Waals surface area contributed by atoms with Gasteiger partial charge in [0.2, 0.25) is 0 Å². The van der Waals surface area contributed by atoms with Gasteiger partial charge in [-0.1, -0.05) is 41.4 Å². The Hall–Kier alpha value is -2.69. The topological polar surface area (TPSA) is 47.6 Å². The number of hydrogen-bond acceptors (Lipinski definition) is 3. The summed E-state index contributed by atoms with van der Waals surface area (Å²) in [7, 11) is 1.58. The number of hydrogen-bond donors (Lipinski definition) is 1. The lowest BCUT2D eigenvalue weighted by Gasteiger charge is -2.16. The van der Waals surface area contributed by atoms with Gasteiger partial charge in [-0.15, -0.1) is 0 Å². The van der Waals surface area contributed by atoms with Crippen LogP contribution >= 0.6 is 23.2 Å². The van der Waals surface area contributed by atoms with Crippen LogP contribution in [0, 0.1) is 0 Å². The van der Waals surface area contributed by atoms with E-state index in [1.807, 2.05) is 31.2 Å². The summed E-state index contributed by atoms with van der Waals surface area (Å²) in [5, 5.41) is 4.25. The first-order valence-corrected chi connectivity index (χ1v) is 9.83. The fraction of sp³-hybridized carbons (Fsp3) is 0.174. The Balaban J connectivity index is 1.72. The fourth-order valence-corrected chi connectivity index (χ4v) is 3.17. The van der Waals surface area contributed by atoms with Crippen molar-refractivity contribution in [2.45, 2.75) is 19.6 Å². The van der Waals surface area contributed by atoms with Crippen molar-refractivity contribution in [3.8, 4) is 11.5 Å². The van der Waals surface area contributed by atoms with Crippen molar-refractivity contribution >= 4 is 29.1 Å². The van der Waals surface area contributed by atoms with E-state index in [1.54, 1.807) is 49.6 Å². The van der Waals surface area contributed by atoms with Gasteiger partial charge in [0.25, 0.3) is 5.91 Å². The van der Waals surface area contributed by atoms with E-state index in [9.17, 15) is 4.79 Å². The lowest BCUT2D eigenvalue weighted by molar-refractivity contribution is 0.0939. The molecule has 0 aliphatic carbocycles. The van der Waals surface area contributed by atoms with Gasteiger partial charge in [0.05, 0.1) is 13.2 Å². The summed E-state index contributed by atoms with van der Waals surface area (Å²) in [6.07, 6.45) is 0. The molecule has 150 valence electrons. The van der Waals surface area contributed by atoms with Crippen LogP contribution in [0.2, 0.25) is 10.0 Å². The minimum Gasteiger partial charge on any atom is -0.496 e. The Kier molecular flexibility index (Phi) is 7.02. The largest absolute Gasteiger partial charge is 0.496 e. The Morgan fingerprint density at radius 2 is 1.76 bits per heavy atom. The molecule has 0 radical (unpaired) electrons. The summed E-state index contributed by atoms with van der Waals surface area (Å²) in [5.74, 6) is 1.11. The van der Waals surface area contributed by atoms with Crippen molar-refractivity contribution in [3.63, 3.8) is 0 Å². The maximum absolute atomic E-state index is 12.7. The molecule has 0 fully saturated rings. The molecule has 0 unspecified atom stereocenters. The number of methoxy groups -OCH3 is 1. The molecule has 0 aromatic heterocycles. The van der Waals surface area contributed by atoms with Crippen LogP contribution in [0.3, 0.4) is 0 Å². The van der Waals surface area contributed by atoms with Crippen LogP contribution in [0.1, 0.15) is 34.5 Å². The van der Waals surface area contributed by atoms with Gasteiger partial charge < -0.3 is 14.8 Å². The van der Waals surface area contributed by atoms with Crippen LogP contribution in [0.15, 0.2) is 66.7 Å². The molecule has 1 N–H and O–H groups in total. The number of halogens is 2. The quantitative estimate of drug-likeness (QED) is 0.495. The molecule has 3 rings (SSSR count). The Bertz CT molecular complexity index is 990. The van der Waals surface area contributed by atoms with Crippen LogP contribution in [0.5, 0.6) is 11.5 Å². The third-order valence-electron chi connectivity index (χ3n) is 4.45. The van der Waals surface area contributed by atoms with Crippen LogP contribution < -0.4 is 14.8 Å². The van der Waals surface area contributed by atoms with Crippen molar-refractivity contribution < 1.29 is 14.3 Å². The van der Waals surface area contributed by atoms with Gasteiger partial charge in [-0.3, -0.25) is 4.79 Å². The number of carbonyl (C=O) groups is 1. The Labute approximate surface area is 180 Å². The molecule has 0 saturated heterocycles. The van der Waals surface area contributed by atoms with Crippen molar-refractivity contribution in [2.75, 3.05) is 7.11 Å². The fourth-order valence-electron chi connectivity index (χ4n) is 2.87. The van der Waals surface area contributed by atoms with E-state index in [1.165, 1.54) is 0 Å². The molecule has 1 atom stereocenters. The highest BCUT2D eigenvalue weighted by Crippen LogP contribution is 2.24. The SMILES string of the molecule is COc1ccc(C(=O)N[C@@H](C)c2ccc(Cl)cc2)cc1COc1cccc(Cl)c1. The van der Waals surface area contributed by atoms with E-state index >= 15 is 0 Å². The molecule has 29 heavy (non-hydrogen) atoms. The van der Waals surface area contributed by atoms with Gasteiger partial charge in [-0.05, 0) is 61.0 Å². The zero-order valence-electron chi connectivity index (χ0n) is 16.1. The van der Waals surface area contributed by atoms with Gasteiger partial charge in [0.1, 0.15) is 18.1 Å². The smallest absolute Gasteiger partial charge is 0.251 e. The summed E-state index contributed by atoms with van der Waals surface area (Å²) in [4.78, 5) is 12.7. The molecular formula is C23H21Cl2NO3. The highest BCUT2D eigenvalue weighted by molar-refractivity contribution is 6.30. The third kappa shape index (κ3) is 5.66. The average Bonchev–Trinajstić information content (AvgIpc) is 2.72. The molecule has 0 aliphatic heterocycles. The molecule has 3 aromatic rings. The number of amides is 1. The summed E-state index contributed by atoms with van der Waals surface area (Å²) in [5.41, 5.74) is 2.26. The highest BCUT2D eigenvalue weighted by Gasteiger charge is 2.14. The lowest BCUT2D eigenvalue weighted by atomic mass is 10.1. The van der Waals surface area contributed by atoms with E-state index in [2.05, 4.69) is 5.32 Å². The van der Waals surface area contributed by atoms with Crippen molar-refractivity contribution in [3.05, 3.63) is 93.5 Å². The van der Waals surface area contributed by atoms with Crippen molar-refractivity contribution in [1.29, 1.82) is 0 Å². The predicted octanol–water partition coefficient (Wildman–Crippen LogP) is 6.07. The summed E-state index contributed by atoms with van der Waals surface area (Å²) >= 11 is 11.9. The van der Waals surface area contributed by atoms with E-state index in [0.29, 0.717) is 27.1 Å². The van der Waals surface area contributed by atoms with E-state index in [0.717, 1.165) is 11.1 Å². The molecular weight excluding hydrogens is 409 g/mol. The summed E-state index contributed by atoms with van der Waals surface area (Å²) in [6.45, 7) is 2.17. The standard InChI is InChI=1S/C23H21Cl2NO3/c1-15(16-6-9-19(24)10-7-16)26-23(27)17-8-11-22(28-2)18(12-17)14-29-21-5-3-4-20(25)13-21/h3-13,15H,14H2,1-2H3,(H,26,27)/t15-/m0/s1. The van der Waals surface area contributed by atoms with Gasteiger partial charge >= 0.3 is 0 Å². The molecule has 4 nitrogen and oxygen atoms in total. The molecule has 0 bridgehead atoms. The zero-order chi connectivity index (χ0) is 20.8. The number of ether oxygens (including phenoxy) is 2. The number of rotatable bonds is 7. The zero-order valence-corrected chi connectivity index (χ0v) is 17.6. The molecule has 0 spiro atoms. The summed E-state index contributed by atoms with van der Waals surface area (Å²) < 4.78 is 11.2. The maximum Gasteiger partial charge on any atom is 0.251 e.